The number of unbranched alkanes of at least 4 members (excludes halogenated alkanes) is 3. The maximum atomic E-state index is 10.8. The summed E-state index contributed by atoms with van der Waals surface area (Å²) >= 11 is 0. The Morgan fingerprint density at radius 3 is 1.90 bits per heavy atom. The Bertz CT molecular complexity index is 1210. The van der Waals surface area contributed by atoms with Crippen molar-refractivity contribution in [1.82, 2.24) is 0 Å². The molecule has 0 saturated heterocycles. The molecule has 49 heavy (non-hydrogen) atoms. The van der Waals surface area contributed by atoms with Gasteiger partial charge in [-0.25, -0.2) is 4.79 Å². The number of hydrogen-bond acceptors (Lipinski definition) is 8. The molecule has 8 heteroatoms. The fraction of sp³-hybridized carbons (Fsp3) is 0.561. The van der Waals surface area contributed by atoms with Crippen molar-refractivity contribution in [2.75, 3.05) is 27.4 Å². The van der Waals surface area contributed by atoms with Gasteiger partial charge < -0.3 is 33.9 Å². The molecule has 0 atom stereocenters. The van der Waals surface area contributed by atoms with Gasteiger partial charge in [-0.1, -0.05) is 32.4 Å². The van der Waals surface area contributed by atoms with Crippen molar-refractivity contribution in [3.63, 3.8) is 0 Å². The fourth-order valence-electron chi connectivity index (χ4n) is 6.38. The van der Waals surface area contributed by atoms with Gasteiger partial charge >= 0.3 is 5.97 Å². The lowest BCUT2D eigenvalue weighted by molar-refractivity contribution is -0.137. The number of aldehydes is 2. The van der Waals surface area contributed by atoms with Gasteiger partial charge in [0.25, 0.3) is 0 Å². The molecule has 0 aliphatic heterocycles. The van der Waals surface area contributed by atoms with Crippen LogP contribution in [0.25, 0.3) is 0 Å². The lowest BCUT2D eigenvalue weighted by Gasteiger charge is -2.29. The van der Waals surface area contributed by atoms with E-state index in [1.54, 1.807) is 14.2 Å². The molecule has 4 rings (SSSR count). The Balaban J connectivity index is 0.000000269. The van der Waals surface area contributed by atoms with E-state index in [1.165, 1.54) is 56.4 Å². The van der Waals surface area contributed by atoms with Crippen LogP contribution in [0.4, 0.5) is 0 Å². The predicted molar refractivity (Wildman–Crippen MR) is 196 cm³/mol. The molecule has 2 fully saturated rings. The summed E-state index contributed by atoms with van der Waals surface area (Å²) in [5.74, 6) is 4.22. The first-order valence-corrected chi connectivity index (χ1v) is 18.1. The smallest absolute Gasteiger partial charge is 0.330 e. The number of rotatable bonds is 17. The average molecular weight is 678 g/mol. The number of hydrogen-bond donors (Lipinski definition) is 1. The molecule has 2 aliphatic carbocycles. The third-order valence-electron chi connectivity index (χ3n) is 9.40. The molecule has 0 heterocycles. The van der Waals surface area contributed by atoms with Crippen LogP contribution in [0.2, 0.25) is 0 Å². The highest BCUT2D eigenvalue weighted by atomic mass is 16.5. The number of carbonyl (C=O) groups is 3. The van der Waals surface area contributed by atoms with E-state index in [0.717, 1.165) is 92.7 Å². The molecule has 0 unspecified atom stereocenters. The minimum atomic E-state index is -0.354. The van der Waals surface area contributed by atoms with E-state index in [2.05, 4.69) is 25.6 Å². The van der Waals surface area contributed by atoms with Gasteiger partial charge in [0.15, 0.2) is 0 Å². The van der Waals surface area contributed by atoms with Crippen LogP contribution in [0, 0.1) is 23.2 Å². The van der Waals surface area contributed by atoms with E-state index in [9.17, 15) is 14.4 Å². The van der Waals surface area contributed by atoms with Crippen LogP contribution in [-0.2, 0) is 19.1 Å². The zero-order valence-electron chi connectivity index (χ0n) is 30.0. The molecule has 2 saturated carbocycles. The van der Waals surface area contributed by atoms with E-state index in [1.807, 2.05) is 30.3 Å². The van der Waals surface area contributed by atoms with E-state index in [4.69, 9.17) is 24.4 Å². The molecule has 0 amide bonds. The molecule has 1 N–H and O–H groups in total. The molecule has 270 valence electrons. The molecule has 0 bridgehead atoms. The predicted octanol–water partition coefficient (Wildman–Crippen LogP) is 9.32. The highest BCUT2D eigenvalue weighted by Gasteiger charge is 2.22. The SMILES string of the molecule is C=CC(=O)OCCCCCCOc1ccc(OC)cc1.CCCC1CCC(c2ccc(OC)c(C=N)c2)CC1.O=CC1CCC(C=O)CC1. The topological polar surface area (TPSA) is 112 Å². The number of benzene rings is 2. The summed E-state index contributed by atoms with van der Waals surface area (Å²) in [6, 6.07) is 13.9. The Morgan fingerprint density at radius 1 is 0.796 bits per heavy atom. The van der Waals surface area contributed by atoms with Crippen molar-refractivity contribution in [3.8, 4) is 17.2 Å². The quantitative estimate of drug-likeness (QED) is 0.0584. The fourth-order valence-corrected chi connectivity index (χ4v) is 6.38. The third kappa shape index (κ3) is 16.3. The zero-order valence-corrected chi connectivity index (χ0v) is 30.0. The highest BCUT2D eigenvalue weighted by Crippen LogP contribution is 2.38. The van der Waals surface area contributed by atoms with Crippen LogP contribution in [0.3, 0.4) is 0 Å². The Kier molecular flexibility index (Phi) is 21.1. The monoisotopic (exact) mass is 677 g/mol. The minimum Gasteiger partial charge on any atom is -0.497 e. The number of carbonyl (C=O) groups excluding carboxylic acids is 3. The van der Waals surface area contributed by atoms with Gasteiger partial charge in [-0.05, 0) is 131 Å². The summed E-state index contributed by atoms with van der Waals surface area (Å²) in [4.78, 5) is 31.3. The van der Waals surface area contributed by atoms with Gasteiger partial charge in [0.05, 0.1) is 27.4 Å². The van der Waals surface area contributed by atoms with E-state index in [0.29, 0.717) is 19.1 Å². The molecular formula is C41H59NO7. The first-order valence-electron chi connectivity index (χ1n) is 18.1. The second-order valence-corrected chi connectivity index (χ2v) is 12.9. The van der Waals surface area contributed by atoms with Crippen molar-refractivity contribution in [3.05, 3.63) is 66.2 Å². The number of esters is 1. The number of methoxy groups -OCH3 is 2. The first-order chi connectivity index (χ1) is 23.9. The zero-order chi connectivity index (χ0) is 35.7. The molecular weight excluding hydrogens is 618 g/mol. The summed E-state index contributed by atoms with van der Waals surface area (Å²) in [6.45, 7) is 6.78. The maximum absolute atomic E-state index is 10.8. The number of nitrogens with one attached hydrogen (secondary N) is 1. The van der Waals surface area contributed by atoms with Gasteiger partial charge in [-0.2, -0.15) is 0 Å². The first kappa shape index (κ1) is 41.2. The summed E-state index contributed by atoms with van der Waals surface area (Å²) in [7, 11) is 3.31. The van der Waals surface area contributed by atoms with Crippen LogP contribution in [0.15, 0.2) is 55.1 Å². The summed E-state index contributed by atoms with van der Waals surface area (Å²) in [6.07, 6.45) is 20.2. The third-order valence-corrected chi connectivity index (χ3v) is 9.40. The Labute approximate surface area is 294 Å². The molecule has 8 nitrogen and oxygen atoms in total. The minimum absolute atomic E-state index is 0.233. The molecule has 2 aromatic rings. The second-order valence-electron chi connectivity index (χ2n) is 12.9. The van der Waals surface area contributed by atoms with Crippen molar-refractivity contribution in [1.29, 1.82) is 5.41 Å². The van der Waals surface area contributed by atoms with Gasteiger partial charge in [0.1, 0.15) is 29.8 Å². The summed E-state index contributed by atoms with van der Waals surface area (Å²) in [5, 5.41) is 7.48. The van der Waals surface area contributed by atoms with Gasteiger partial charge in [0.2, 0.25) is 0 Å². The van der Waals surface area contributed by atoms with Crippen LogP contribution < -0.4 is 14.2 Å². The van der Waals surface area contributed by atoms with Gasteiger partial charge in [0, 0.05) is 29.7 Å². The lowest BCUT2D eigenvalue weighted by atomic mass is 9.77. The van der Waals surface area contributed by atoms with Crippen molar-refractivity contribution in [2.24, 2.45) is 17.8 Å². The van der Waals surface area contributed by atoms with Crippen molar-refractivity contribution >= 4 is 24.8 Å². The molecule has 0 radical (unpaired) electrons. The standard InChI is InChI=1S/C17H25NO.C16H22O4.C8H12O2/c1-3-4-13-5-7-14(8-6-13)15-9-10-17(19-2)16(11-15)12-18;1-3-16(17)20-13-7-5-4-6-12-19-15-10-8-14(18-2)9-11-15;9-5-7-1-2-8(6-10)4-3-7/h9-14,18H,3-8H2,1-2H3;3,8-11H,1,4-7,12-13H2,2H3;5-8H,1-4H2. The van der Waals surface area contributed by atoms with Gasteiger partial charge in [-0.3, -0.25) is 0 Å². The lowest BCUT2D eigenvalue weighted by Crippen LogP contribution is -2.15. The number of ether oxygens (including phenoxy) is 4. The van der Waals surface area contributed by atoms with Crippen LogP contribution in [-0.4, -0.2) is 52.2 Å². The Hall–Kier alpha value is -3.94. The molecule has 0 spiro atoms. The molecule has 2 aliphatic rings. The van der Waals surface area contributed by atoms with Crippen LogP contribution in [0.5, 0.6) is 17.2 Å². The maximum Gasteiger partial charge on any atom is 0.330 e. The Morgan fingerprint density at radius 2 is 1.39 bits per heavy atom. The van der Waals surface area contributed by atoms with Crippen molar-refractivity contribution < 1.29 is 33.3 Å². The average Bonchev–Trinajstić information content (AvgIpc) is 3.16. The van der Waals surface area contributed by atoms with Crippen LogP contribution >= 0.6 is 0 Å². The van der Waals surface area contributed by atoms with Gasteiger partial charge in [-0.15, -0.1) is 0 Å². The van der Waals surface area contributed by atoms with E-state index < -0.39 is 0 Å². The molecule has 0 aromatic heterocycles. The normalized spacial score (nSPS) is 19.7. The highest BCUT2D eigenvalue weighted by molar-refractivity contribution is 5.81. The van der Waals surface area contributed by atoms with E-state index in [-0.39, 0.29) is 17.8 Å². The molecule has 2 aromatic carbocycles. The van der Waals surface area contributed by atoms with E-state index >= 15 is 0 Å². The largest absolute Gasteiger partial charge is 0.497 e. The summed E-state index contributed by atoms with van der Waals surface area (Å²) < 4.78 is 20.9. The second kappa shape index (κ2) is 25.1. The summed E-state index contributed by atoms with van der Waals surface area (Å²) in [5.41, 5.74) is 2.28. The van der Waals surface area contributed by atoms with Crippen LogP contribution in [0.1, 0.15) is 114 Å². The van der Waals surface area contributed by atoms with Crippen molar-refractivity contribution in [2.45, 2.75) is 103 Å².